The normalized spacial score (nSPS) is 12.4. The van der Waals surface area contributed by atoms with E-state index in [1.54, 1.807) is 38.1 Å². The summed E-state index contributed by atoms with van der Waals surface area (Å²) in [6.07, 6.45) is -0.0670. The van der Waals surface area contributed by atoms with E-state index in [2.05, 4.69) is 10.0 Å². The quantitative estimate of drug-likeness (QED) is 0.703. The van der Waals surface area contributed by atoms with Crippen molar-refractivity contribution in [2.75, 3.05) is 15.8 Å². The van der Waals surface area contributed by atoms with Crippen LogP contribution in [0.1, 0.15) is 25.8 Å². The summed E-state index contributed by atoms with van der Waals surface area (Å²) in [6, 6.07) is 16.1. The topological polar surface area (TPSA) is 84.5 Å². The van der Waals surface area contributed by atoms with E-state index in [0.717, 1.165) is 5.56 Å². The molecular formula is C19H24N2O4S. The Bertz CT molecular complexity index is 805. The van der Waals surface area contributed by atoms with Gasteiger partial charge in [0.15, 0.2) is 0 Å². The van der Waals surface area contributed by atoms with Crippen LogP contribution >= 0.6 is 0 Å². The maximum atomic E-state index is 12.2. The Hall–Kier alpha value is -2.38. The van der Waals surface area contributed by atoms with Gasteiger partial charge in [0.2, 0.25) is 10.0 Å². The Balaban J connectivity index is 1.86. The van der Waals surface area contributed by atoms with Crippen molar-refractivity contribution < 1.29 is 17.9 Å². The van der Waals surface area contributed by atoms with Crippen molar-refractivity contribution in [1.82, 2.24) is 0 Å². The van der Waals surface area contributed by atoms with Gasteiger partial charge < -0.3 is 10.1 Å². The predicted octanol–water partition coefficient (Wildman–Crippen LogP) is 3.38. The van der Waals surface area contributed by atoms with Gasteiger partial charge in [0, 0.05) is 11.4 Å². The fourth-order valence-corrected chi connectivity index (χ4v) is 3.37. The molecule has 140 valence electrons. The number of hydrogen-bond donors (Lipinski definition) is 2. The molecule has 0 fully saturated rings. The summed E-state index contributed by atoms with van der Waals surface area (Å²) in [5.41, 5.74) is 2.03. The second-order valence-electron chi connectivity index (χ2n) is 5.93. The van der Waals surface area contributed by atoms with Crippen molar-refractivity contribution in [2.24, 2.45) is 0 Å². The molecule has 0 saturated carbocycles. The molecule has 2 N–H and O–H groups in total. The molecule has 0 saturated heterocycles. The molecule has 1 unspecified atom stereocenters. The largest absolute Gasteiger partial charge is 0.364 e. The van der Waals surface area contributed by atoms with Gasteiger partial charge in [-0.3, -0.25) is 9.52 Å². The highest BCUT2D eigenvalue weighted by Gasteiger charge is 2.14. The Morgan fingerprint density at radius 2 is 1.65 bits per heavy atom. The van der Waals surface area contributed by atoms with Crippen LogP contribution < -0.4 is 10.0 Å². The van der Waals surface area contributed by atoms with Crippen LogP contribution in [0.5, 0.6) is 0 Å². The molecule has 0 aromatic heterocycles. The second kappa shape index (κ2) is 9.35. The van der Waals surface area contributed by atoms with Crippen LogP contribution in [0.25, 0.3) is 0 Å². The monoisotopic (exact) mass is 376 g/mol. The first-order valence-corrected chi connectivity index (χ1v) is 10.1. The zero-order valence-electron chi connectivity index (χ0n) is 14.9. The van der Waals surface area contributed by atoms with Gasteiger partial charge in [-0.2, -0.15) is 0 Å². The van der Waals surface area contributed by atoms with Gasteiger partial charge in [-0.1, -0.05) is 37.3 Å². The fraction of sp³-hybridized carbons (Fsp3) is 0.316. The minimum Gasteiger partial charge on any atom is -0.364 e. The van der Waals surface area contributed by atoms with Crippen LogP contribution in [0.2, 0.25) is 0 Å². The van der Waals surface area contributed by atoms with E-state index in [9.17, 15) is 13.2 Å². The summed E-state index contributed by atoms with van der Waals surface area (Å²) >= 11 is 0. The average Bonchev–Trinajstić information content (AvgIpc) is 2.61. The van der Waals surface area contributed by atoms with Crippen molar-refractivity contribution in [3.05, 3.63) is 60.2 Å². The van der Waals surface area contributed by atoms with Crippen LogP contribution in [0, 0.1) is 0 Å². The summed E-state index contributed by atoms with van der Waals surface area (Å²) in [5, 5.41) is 2.75. The van der Waals surface area contributed by atoms with Crippen LogP contribution in [0.3, 0.4) is 0 Å². The SMILES string of the molecule is CCCS(=O)(=O)Nc1ccc(NC(=O)C(C)OCc2ccccc2)cc1. The molecule has 2 aromatic rings. The molecule has 0 radical (unpaired) electrons. The van der Waals surface area contributed by atoms with Gasteiger partial charge >= 0.3 is 0 Å². The molecule has 0 spiro atoms. The van der Waals surface area contributed by atoms with Gasteiger partial charge in [0.05, 0.1) is 12.4 Å². The molecule has 2 aromatic carbocycles. The highest BCUT2D eigenvalue weighted by molar-refractivity contribution is 7.92. The number of ether oxygens (including phenoxy) is 1. The zero-order valence-corrected chi connectivity index (χ0v) is 15.8. The number of nitrogens with one attached hydrogen (secondary N) is 2. The number of anilines is 2. The Kier molecular flexibility index (Phi) is 7.17. The number of rotatable bonds is 9. The highest BCUT2D eigenvalue weighted by Crippen LogP contribution is 2.16. The van der Waals surface area contributed by atoms with E-state index in [1.807, 2.05) is 30.3 Å². The lowest BCUT2D eigenvalue weighted by atomic mass is 10.2. The molecule has 26 heavy (non-hydrogen) atoms. The molecule has 1 atom stereocenters. The lowest BCUT2D eigenvalue weighted by Crippen LogP contribution is -2.27. The van der Waals surface area contributed by atoms with Gasteiger partial charge in [-0.25, -0.2) is 8.42 Å². The summed E-state index contributed by atoms with van der Waals surface area (Å²) in [4.78, 5) is 12.2. The minimum atomic E-state index is -3.33. The Morgan fingerprint density at radius 1 is 1.04 bits per heavy atom. The molecule has 0 aliphatic rings. The maximum Gasteiger partial charge on any atom is 0.253 e. The van der Waals surface area contributed by atoms with E-state index in [0.29, 0.717) is 24.4 Å². The predicted molar refractivity (Wildman–Crippen MR) is 103 cm³/mol. The number of hydrogen-bond acceptors (Lipinski definition) is 4. The third-order valence-corrected chi connectivity index (χ3v) is 5.10. The van der Waals surface area contributed by atoms with E-state index in [-0.39, 0.29) is 11.7 Å². The number of carbonyl (C=O) groups is 1. The van der Waals surface area contributed by atoms with Crippen LogP contribution in [0.4, 0.5) is 11.4 Å². The Labute approximate surface area is 154 Å². The maximum absolute atomic E-state index is 12.2. The smallest absolute Gasteiger partial charge is 0.253 e. The van der Waals surface area contributed by atoms with Crippen molar-refractivity contribution in [1.29, 1.82) is 0 Å². The van der Waals surface area contributed by atoms with Crippen molar-refractivity contribution in [2.45, 2.75) is 33.0 Å². The van der Waals surface area contributed by atoms with Gasteiger partial charge in [0.25, 0.3) is 5.91 Å². The molecule has 1 amide bonds. The van der Waals surface area contributed by atoms with Gasteiger partial charge in [-0.05, 0) is 43.2 Å². The number of carbonyl (C=O) groups excluding carboxylic acids is 1. The van der Waals surface area contributed by atoms with Crippen LogP contribution in [-0.2, 0) is 26.2 Å². The van der Waals surface area contributed by atoms with Crippen LogP contribution in [-0.4, -0.2) is 26.2 Å². The molecule has 0 heterocycles. The lowest BCUT2D eigenvalue weighted by Gasteiger charge is -2.14. The zero-order chi connectivity index (χ0) is 19.0. The van der Waals surface area contributed by atoms with E-state index in [1.165, 1.54) is 0 Å². The molecule has 2 rings (SSSR count). The number of benzene rings is 2. The van der Waals surface area contributed by atoms with Crippen LogP contribution in [0.15, 0.2) is 54.6 Å². The number of sulfonamides is 1. The third kappa shape index (κ3) is 6.50. The lowest BCUT2D eigenvalue weighted by molar-refractivity contribution is -0.127. The van der Waals surface area contributed by atoms with E-state index < -0.39 is 16.1 Å². The van der Waals surface area contributed by atoms with Crippen molar-refractivity contribution in [3.63, 3.8) is 0 Å². The minimum absolute atomic E-state index is 0.0712. The van der Waals surface area contributed by atoms with Crippen molar-refractivity contribution in [3.8, 4) is 0 Å². The standard InChI is InChI=1S/C19H24N2O4S/c1-3-13-26(23,24)21-18-11-9-17(10-12-18)20-19(22)15(2)25-14-16-7-5-4-6-8-16/h4-12,15,21H,3,13-14H2,1-2H3,(H,20,22). The highest BCUT2D eigenvalue weighted by atomic mass is 32.2. The number of amides is 1. The van der Waals surface area contributed by atoms with E-state index in [4.69, 9.17) is 4.74 Å². The average molecular weight is 376 g/mol. The first-order valence-electron chi connectivity index (χ1n) is 8.46. The Morgan fingerprint density at radius 3 is 2.27 bits per heavy atom. The molecule has 7 heteroatoms. The summed E-state index contributed by atoms with van der Waals surface area (Å²) < 4.78 is 31.6. The van der Waals surface area contributed by atoms with Gasteiger partial charge in [-0.15, -0.1) is 0 Å². The first-order chi connectivity index (χ1) is 12.4. The molecule has 6 nitrogen and oxygen atoms in total. The molecular weight excluding hydrogens is 352 g/mol. The molecule has 0 bridgehead atoms. The van der Waals surface area contributed by atoms with E-state index >= 15 is 0 Å². The summed E-state index contributed by atoms with van der Waals surface area (Å²) in [5.74, 6) is -0.192. The molecule has 0 aliphatic heterocycles. The van der Waals surface area contributed by atoms with Crippen molar-refractivity contribution >= 4 is 27.3 Å². The third-order valence-electron chi connectivity index (χ3n) is 3.61. The summed E-state index contributed by atoms with van der Waals surface area (Å²) in [6.45, 7) is 3.85. The van der Waals surface area contributed by atoms with Gasteiger partial charge in [0.1, 0.15) is 6.10 Å². The molecule has 0 aliphatic carbocycles. The summed E-state index contributed by atoms with van der Waals surface area (Å²) in [7, 11) is -3.33. The fourth-order valence-electron chi connectivity index (χ4n) is 2.24. The first kappa shape index (κ1) is 19.9. The second-order valence-corrected chi connectivity index (χ2v) is 7.77.